The van der Waals surface area contributed by atoms with Crippen LogP contribution in [0.5, 0.6) is 0 Å². The van der Waals surface area contributed by atoms with Gasteiger partial charge < -0.3 is 5.11 Å². The van der Waals surface area contributed by atoms with E-state index in [-0.39, 0.29) is 0 Å². The number of carbonyl (C=O) groups is 1. The molecule has 1 N–H and O–H groups in total. The zero-order valence-electron chi connectivity index (χ0n) is 7.78. The van der Waals surface area contributed by atoms with Crippen LogP contribution in [0.2, 0.25) is 0 Å². The van der Waals surface area contributed by atoms with Gasteiger partial charge >= 0.3 is 5.97 Å². The molecule has 0 amide bonds. The topological polar surface area (TPSA) is 50.2 Å². The zero-order chi connectivity index (χ0) is 9.84. The maximum Gasteiger partial charge on any atom is 0.313 e. The molecule has 0 saturated carbocycles. The molecule has 0 bridgehead atoms. The lowest BCUT2D eigenvalue weighted by Crippen LogP contribution is -2.10. The van der Waals surface area contributed by atoms with Crippen molar-refractivity contribution in [1.29, 1.82) is 0 Å². The Kier molecular flexibility index (Phi) is 3.42. The molecule has 0 aliphatic rings. The van der Waals surface area contributed by atoms with Crippen molar-refractivity contribution in [2.24, 2.45) is 0 Å². The lowest BCUT2D eigenvalue weighted by atomic mass is 10.1. The standard InChI is InChI=1S/C9H13NO2S/c1-3-4-7(9(11)12)8-10-6(2)5-13-8/h5,7H,3-4H2,1-2H3,(H,11,12). The van der Waals surface area contributed by atoms with Gasteiger partial charge in [0, 0.05) is 11.1 Å². The lowest BCUT2D eigenvalue weighted by Gasteiger charge is -2.06. The minimum atomic E-state index is -0.767. The van der Waals surface area contributed by atoms with Crippen LogP contribution in [0.3, 0.4) is 0 Å². The molecule has 0 fully saturated rings. The van der Waals surface area contributed by atoms with E-state index in [2.05, 4.69) is 4.98 Å². The quantitative estimate of drug-likeness (QED) is 0.810. The van der Waals surface area contributed by atoms with Crippen LogP contribution in [0.25, 0.3) is 0 Å². The van der Waals surface area contributed by atoms with E-state index in [9.17, 15) is 4.79 Å². The SMILES string of the molecule is CCCC(C(=O)O)c1nc(C)cs1. The van der Waals surface area contributed by atoms with Gasteiger partial charge in [0.25, 0.3) is 0 Å². The number of aryl methyl sites for hydroxylation is 1. The Hall–Kier alpha value is -0.900. The molecule has 0 aromatic carbocycles. The number of nitrogens with zero attached hydrogens (tertiary/aromatic N) is 1. The molecular formula is C9H13NO2S. The number of aliphatic carboxylic acids is 1. The monoisotopic (exact) mass is 199 g/mol. The van der Waals surface area contributed by atoms with Crippen molar-refractivity contribution >= 4 is 17.3 Å². The highest BCUT2D eigenvalue weighted by atomic mass is 32.1. The van der Waals surface area contributed by atoms with Crippen LogP contribution in [0.1, 0.15) is 36.4 Å². The van der Waals surface area contributed by atoms with Gasteiger partial charge in [0.2, 0.25) is 0 Å². The van der Waals surface area contributed by atoms with E-state index in [4.69, 9.17) is 5.11 Å². The third-order valence-electron chi connectivity index (χ3n) is 1.81. The summed E-state index contributed by atoms with van der Waals surface area (Å²) in [5, 5.41) is 11.6. The van der Waals surface area contributed by atoms with Gasteiger partial charge in [-0.25, -0.2) is 4.98 Å². The Morgan fingerprint density at radius 3 is 2.85 bits per heavy atom. The Bertz CT molecular complexity index is 296. The Morgan fingerprint density at radius 1 is 1.77 bits per heavy atom. The molecule has 0 spiro atoms. The summed E-state index contributed by atoms with van der Waals surface area (Å²) < 4.78 is 0. The van der Waals surface area contributed by atoms with Crippen LogP contribution in [0, 0.1) is 6.92 Å². The molecule has 0 radical (unpaired) electrons. The third-order valence-corrected chi connectivity index (χ3v) is 2.89. The summed E-state index contributed by atoms with van der Waals surface area (Å²) in [6, 6.07) is 0. The summed E-state index contributed by atoms with van der Waals surface area (Å²) in [5.74, 6) is -1.18. The second-order valence-corrected chi connectivity index (χ2v) is 3.90. The molecule has 1 aromatic rings. The number of aromatic nitrogens is 1. The highest BCUT2D eigenvalue weighted by molar-refractivity contribution is 7.09. The maximum atomic E-state index is 10.9. The fourth-order valence-corrected chi connectivity index (χ4v) is 2.10. The largest absolute Gasteiger partial charge is 0.481 e. The second-order valence-electron chi connectivity index (χ2n) is 3.01. The molecule has 1 heterocycles. The van der Waals surface area contributed by atoms with Crippen LogP contribution in [-0.2, 0) is 4.79 Å². The number of carboxylic acids is 1. The molecule has 0 aliphatic carbocycles. The van der Waals surface area contributed by atoms with Gasteiger partial charge in [-0.15, -0.1) is 11.3 Å². The van der Waals surface area contributed by atoms with Crippen LogP contribution in [0.15, 0.2) is 5.38 Å². The van der Waals surface area contributed by atoms with Gasteiger partial charge in [0.1, 0.15) is 10.9 Å². The molecule has 1 unspecified atom stereocenters. The molecule has 3 nitrogen and oxygen atoms in total. The van der Waals surface area contributed by atoms with E-state index in [0.29, 0.717) is 6.42 Å². The summed E-state index contributed by atoms with van der Waals surface area (Å²) in [6.45, 7) is 3.86. The number of carboxylic acid groups (broad SMARTS) is 1. The molecule has 0 saturated heterocycles. The molecule has 4 heteroatoms. The summed E-state index contributed by atoms with van der Waals surface area (Å²) in [6.07, 6.45) is 1.54. The number of hydrogen-bond acceptors (Lipinski definition) is 3. The smallest absolute Gasteiger partial charge is 0.313 e. The average Bonchev–Trinajstić information content (AvgIpc) is 2.46. The van der Waals surface area contributed by atoms with E-state index < -0.39 is 11.9 Å². The summed E-state index contributed by atoms with van der Waals surface area (Å²) in [5.41, 5.74) is 0.905. The molecule has 1 atom stereocenters. The Morgan fingerprint density at radius 2 is 2.46 bits per heavy atom. The summed E-state index contributed by atoms with van der Waals surface area (Å²) in [7, 11) is 0. The fourth-order valence-electron chi connectivity index (χ4n) is 1.17. The minimum absolute atomic E-state index is 0.413. The highest BCUT2D eigenvalue weighted by Gasteiger charge is 2.21. The van der Waals surface area contributed by atoms with Crippen LogP contribution < -0.4 is 0 Å². The van der Waals surface area contributed by atoms with E-state index in [0.717, 1.165) is 17.1 Å². The van der Waals surface area contributed by atoms with Crippen LogP contribution in [-0.4, -0.2) is 16.1 Å². The fraction of sp³-hybridized carbons (Fsp3) is 0.556. The van der Waals surface area contributed by atoms with Crippen LogP contribution >= 0.6 is 11.3 Å². The van der Waals surface area contributed by atoms with Crippen molar-refractivity contribution < 1.29 is 9.90 Å². The predicted molar refractivity (Wildman–Crippen MR) is 52.1 cm³/mol. The first-order valence-electron chi connectivity index (χ1n) is 4.30. The third kappa shape index (κ3) is 2.52. The Labute approximate surface area is 81.4 Å². The van der Waals surface area contributed by atoms with E-state index in [1.165, 1.54) is 11.3 Å². The molecule has 72 valence electrons. The normalized spacial score (nSPS) is 12.8. The first-order valence-corrected chi connectivity index (χ1v) is 5.18. The van der Waals surface area contributed by atoms with Crippen molar-refractivity contribution in [3.8, 4) is 0 Å². The van der Waals surface area contributed by atoms with Gasteiger partial charge in [-0.1, -0.05) is 13.3 Å². The van der Waals surface area contributed by atoms with Gasteiger partial charge in [-0.05, 0) is 13.3 Å². The minimum Gasteiger partial charge on any atom is -0.481 e. The van der Waals surface area contributed by atoms with Crippen LogP contribution in [0.4, 0.5) is 0 Å². The first-order chi connectivity index (χ1) is 6.15. The van der Waals surface area contributed by atoms with Gasteiger partial charge in [0.05, 0.1) is 0 Å². The van der Waals surface area contributed by atoms with Crippen molar-refractivity contribution in [3.63, 3.8) is 0 Å². The predicted octanol–water partition coefficient (Wildman–Crippen LogP) is 2.42. The van der Waals surface area contributed by atoms with E-state index in [1.54, 1.807) is 0 Å². The summed E-state index contributed by atoms with van der Waals surface area (Å²) in [4.78, 5) is 15.1. The number of thiazole rings is 1. The zero-order valence-corrected chi connectivity index (χ0v) is 8.60. The molecule has 1 aromatic heterocycles. The van der Waals surface area contributed by atoms with E-state index in [1.807, 2.05) is 19.2 Å². The summed E-state index contributed by atoms with van der Waals surface area (Å²) >= 11 is 1.43. The van der Waals surface area contributed by atoms with Crippen molar-refractivity contribution in [2.75, 3.05) is 0 Å². The molecule has 13 heavy (non-hydrogen) atoms. The van der Waals surface area contributed by atoms with Gasteiger partial charge in [0.15, 0.2) is 0 Å². The lowest BCUT2D eigenvalue weighted by molar-refractivity contribution is -0.139. The number of hydrogen-bond donors (Lipinski definition) is 1. The highest BCUT2D eigenvalue weighted by Crippen LogP contribution is 2.24. The average molecular weight is 199 g/mol. The Balaban J connectivity index is 2.81. The molecule has 0 aliphatic heterocycles. The van der Waals surface area contributed by atoms with Gasteiger partial charge in [-0.3, -0.25) is 4.79 Å². The molecule has 1 rings (SSSR count). The molecular weight excluding hydrogens is 186 g/mol. The first kappa shape index (κ1) is 10.2. The number of rotatable bonds is 4. The van der Waals surface area contributed by atoms with E-state index >= 15 is 0 Å². The maximum absolute atomic E-state index is 10.9. The van der Waals surface area contributed by atoms with Gasteiger partial charge in [-0.2, -0.15) is 0 Å². The van der Waals surface area contributed by atoms with Crippen molar-refractivity contribution in [2.45, 2.75) is 32.6 Å². The van der Waals surface area contributed by atoms with Crippen molar-refractivity contribution in [3.05, 3.63) is 16.1 Å². The van der Waals surface area contributed by atoms with Crippen molar-refractivity contribution in [1.82, 2.24) is 4.98 Å². The second kappa shape index (κ2) is 4.37.